The lowest BCUT2D eigenvalue weighted by atomic mass is 9.91. The first-order chi connectivity index (χ1) is 7.83. The third kappa shape index (κ3) is 1.82. The van der Waals surface area contributed by atoms with Crippen molar-refractivity contribution >= 4 is 0 Å². The molecule has 3 rings (SSSR count). The fourth-order valence-electron chi connectivity index (χ4n) is 2.71. The predicted molar refractivity (Wildman–Crippen MR) is 64.8 cm³/mol. The molecule has 2 heterocycles. The molecule has 1 aromatic carbocycles. The lowest BCUT2D eigenvalue weighted by Crippen LogP contribution is -2.31. The van der Waals surface area contributed by atoms with Gasteiger partial charge in [-0.3, -0.25) is 0 Å². The molecule has 1 aromatic rings. The van der Waals surface area contributed by atoms with Crippen molar-refractivity contribution in [2.45, 2.75) is 32.2 Å². The Bertz CT molecular complexity index is 380. The van der Waals surface area contributed by atoms with Crippen LogP contribution >= 0.6 is 0 Å². The molecule has 0 aliphatic carbocycles. The quantitative estimate of drug-likeness (QED) is 0.781. The molecule has 0 aromatic heterocycles. The summed E-state index contributed by atoms with van der Waals surface area (Å²) in [6, 6.07) is 7.24. The molecule has 0 saturated carbocycles. The van der Waals surface area contributed by atoms with Gasteiger partial charge in [-0.1, -0.05) is 19.1 Å². The Kier molecular flexibility index (Phi) is 2.60. The van der Waals surface area contributed by atoms with E-state index >= 15 is 0 Å². The summed E-state index contributed by atoms with van der Waals surface area (Å²) in [6.45, 7) is 4.33. The Balaban J connectivity index is 1.79. The van der Waals surface area contributed by atoms with Crippen molar-refractivity contribution in [1.82, 2.24) is 5.32 Å². The molecule has 86 valence electrons. The van der Waals surface area contributed by atoms with Crippen LogP contribution in [0.3, 0.4) is 0 Å². The summed E-state index contributed by atoms with van der Waals surface area (Å²) in [7, 11) is 0. The average molecular weight is 217 g/mol. The largest absolute Gasteiger partial charge is 0.493 e. The zero-order chi connectivity index (χ0) is 11.0. The number of hydrogen-bond donors (Lipinski definition) is 1. The second-order valence-corrected chi connectivity index (χ2v) is 5.11. The van der Waals surface area contributed by atoms with Crippen LogP contribution in [-0.2, 0) is 6.42 Å². The maximum atomic E-state index is 5.54. The SMILES string of the molecule is CC1CCC(c2ccc3c(c2)CCO3)NC1. The standard InChI is InChI=1S/C14H19NO/c1-10-2-4-13(15-9-10)11-3-5-14-12(8-11)6-7-16-14/h3,5,8,10,13,15H,2,4,6-7,9H2,1H3. The Morgan fingerprint density at radius 2 is 2.25 bits per heavy atom. The van der Waals surface area contributed by atoms with Gasteiger partial charge in [0.1, 0.15) is 5.75 Å². The zero-order valence-electron chi connectivity index (χ0n) is 9.83. The molecule has 1 saturated heterocycles. The molecule has 1 N–H and O–H groups in total. The minimum absolute atomic E-state index is 0.557. The smallest absolute Gasteiger partial charge is 0.122 e. The summed E-state index contributed by atoms with van der Waals surface area (Å²) >= 11 is 0. The highest BCUT2D eigenvalue weighted by molar-refractivity contribution is 5.40. The highest BCUT2D eigenvalue weighted by atomic mass is 16.5. The number of piperidine rings is 1. The Morgan fingerprint density at radius 1 is 1.31 bits per heavy atom. The maximum Gasteiger partial charge on any atom is 0.122 e. The molecule has 2 nitrogen and oxygen atoms in total. The highest BCUT2D eigenvalue weighted by Gasteiger charge is 2.20. The van der Waals surface area contributed by atoms with Crippen molar-refractivity contribution in [2.24, 2.45) is 5.92 Å². The van der Waals surface area contributed by atoms with E-state index in [0.717, 1.165) is 31.2 Å². The first-order valence-corrected chi connectivity index (χ1v) is 6.32. The summed E-state index contributed by atoms with van der Waals surface area (Å²) < 4.78 is 5.54. The lowest BCUT2D eigenvalue weighted by molar-refractivity contribution is 0.332. The summed E-state index contributed by atoms with van der Waals surface area (Å²) in [5.41, 5.74) is 2.83. The van der Waals surface area contributed by atoms with Crippen LogP contribution in [0.4, 0.5) is 0 Å². The average Bonchev–Trinajstić information content (AvgIpc) is 2.77. The molecule has 2 aliphatic heterocycles. The van der Waals surface area contributed by atoms with E-state index in [9.17, 15) is 0 Å². The third-order valence-electron chi connectivity index (χ3n) is 3.78. The number of fused-ring (bicyclic) bond motifs is 1. The maximum absolute atomic E-state index is 5.54. The van der Waals surface area contributed by atoms with E-state index in [4.69, 9.17) is 4.74 Å². The van der Waals surface area contributed by atoms with E-state index in [1.807, 2.05) is 0 Å². The molecule has 0 amide bonds. The number of rotatable bonds is 1. The van der Waals surface area contributed by atoms with Crippen LogP contribution in [0.5, 0.6) is 5.75 Å². The van der Waals surface area contributed by atoms with Crippen molar-refractivity contribution in [3.8, 4) is 5.75 Å². The number of nitrogens with one attached hydrogen (secondary N) is 1. The third-order valence-corrected chi connectivity index (χ3v) is 3.78. The lowest BCUT2D eigenvalue weighted by Gasteiger charge is -2.28. The normalized spacial score (nSPS) is 28.6. The van der Waals surface area contributed by atoms with Gasteiger partial charge in [-0.05, 0) is 42.5 Å². The van der Waals surface area contributed by atoms with E-state index < -0.39 is 0 Å². The van der Waals surface area contributed by atoms with Gasteiger partial charge in [0.2, 0.25) is 0 Å². The monoisotopic (exact) mass is 217 g/mol. The van der Waals surface area contributed by atoms with Crippen LogP contribution in [0.1, 0.15) is 36.9 Å². The summed E-state index contributed by atoms with van der Waals surface area (Å²) in [5, 5.41) is 3.64. The Hall–Kier alpha value is -1.02. The molecule has 16 heavy (non-hydrogen) atoms. The van der Waals surface area contributed by atoms with Gasteiger partial charge in [0.05, 0.1) is 6.61 Å². The molecule has 0 bridgehead atoms. The van der Waals surface area contributed by atoms with E-state index in [2.05, 4.69) is 30.4 Å². The number of ether oxygens (including phenoxy) is 1. The van der Waals surface area contributed by atoms with Crippen LogP contribution in [0.2, 0.25) is 0 Å². The van der Waals surface area contributed by atoms with Crippen molar-refractivity contribution in [1.29, 1.82) is 0 Å². The van der Waals surface area contributed by atoms with Gasteiger partial charge >= 0.3 is 0 Å². The minimum atomic E-state index is 0.557. The van der Waals surface area contributed by atoms with Crippen LogP contribution in [0.25, 0.3) is 0 Å². The molecular weight excluding hydrogens is 198 g/mol. The van der Waals surface area contributed by atoms with E-state index in [0.29, 0.717) is 6.04 Å². The van der Waals surface area contributed by atoms with Crippen LogP contribution in [0.15, 0.2) is 18.2 Å². The Morgan fingerprint density at radius 3 is 3.06 bits per heavy atom. The molecule has 1 fully saturated rings. The molecule has 2 heteroatoms. The fraction of sp³-hybridized carbons (Fsp3) is 0.571. The van der Waals surface area contributed by atoms with Gasteiger partial charge < -0.3 is 10.1 Å². The van der Waals surface area contributed by atoms with Crippen molar-refractivity contribution in [3.63, 3.8) is 0 Å². The molecular formula is C14H19NO. The van der Waals surface area contributed by atoms with Gasteiger partial charge in [0, 0.05) is 12.5 Å². The number of hydrogen-bond acceptors (Lipinski definition) is 2. The first-order valence-electron chi connectivity index (χ1n) is 6.32. The van der Waals surface area contributed by atoms with Crippen molar-refractivity contribution in [2.75, 3.05) is 13.2 Å². The summed E-state index contributed by atoms with van der Waals surface area (Å²) in [4.78, 5) is 0. The first kappa shape index (κ1) is 10.2. The van der Waals surface area contributed by atoms with Gasteiger partial charge in [0.25, 0.3) is 0 Å². The van der Waals surface area contributed by atoms with E-state index in [1.165, 1.54) is 24.0 Å². The van der Waals surface area contributed by atoms with E-state index in [-0.39, 0.29) is 0 Å². The highest BCUT2D eigenvalue weighted by Crippen LogP contribution is 2.31. The zero-order valence-corrected chi connectivity index (χ0v) is 9.83. The molecule has 2 atom stereocenters. The topological polar surface area (TPSA) is 21.3 Å². The van der Waals surface area contributed by atoms with Crippen LogP contribution < -0.4 is 10.1 Å². The van der Waals surface area contributed by atoms with Gasteiger partial charge in [-0.2, -0.15) is 0 Å². The summed E-state index contributed by atoms with van der Waals surface area (Å²) in [5.74, 6) is 1.92. The predicted octanol–water partition coefficient (Wildman–Crippen LogP) is 2.68. The molecule has 0 spiro atoms. The summed E-state index contributed by atoms with van der Waals surface area (Å²) in [6.07, 6.45) is 3.68. The fourth-order valence-corrected chi connectivity index (χ4v) is 2.71. The van der Waals surface area contributed by atoms with Gasteiger partial charge in [-0.25, -0.2) is 0 Å². The van der Waals surface area contributed by atoms with Gasteiger partial charge in [0.15, 0.2) is 0 Å². The Labute approximate surface area is 97.0 Å². The second-order valence-electron chi connectivity index (χ2n) is 5.11. The van der Waals surface area contributed by atoms with Crippen molar-refractivity contribution < 1.29 is 4.74 Å². The second kappa shape index (κ2) is 4.10. The molecule has 0 radical (unpaired) electrons. The number of benzene rings is 1. The van der Waals surface area contributed by atoms with Gasteiger partial charge in [-0.15, -0.1) is 0 Å². The minimum Gasteiger partial charge on any atom is -0.493 e. The molecule has 2 aliphatic rings. The molecule has 2 unspecified atom stereocenters. The van der Waals surface area contributed by atoms with Crippen molar-refractivity contribution in [3.05, 3.63) is 29.3 Å². The van der Waals surface area contributed by atoms with Crippen LogP contribution in [0, 0.1) is 5.92 Å². The van der Waals surface area contributed by atoms with E-state index in [1.54, 1.807) is 0 Å². The van der Waals surface area contributed by atoms with Crippen LogP contribution in [-0.4, -0.2) is 13.2 Å².